The average Bonchev–Trinajstić information content (AvgIpc) is 3.57. The Morgan fingerprint density at radius 2 is 1.89 bits per heavy atom. The fourth-order valence-electron chi connectivity index (χ4n) is 4.97. The largest absolute Gasteiger partial charge is 0.472 e. The zero-order valence-electron chi connectivity index (χ0n) is 20.6. The predicted molar refractivity (Wildman–Crippen MR) is 140 cm³/mol. The molecule has 0 saturated heterocycles. The Balaban J connectivity index is 1.44. The van der Waals surface area contributed by atoms with Gasteiger partial charge in [0.25, 0.3) is 0 Å². The fraction of sp³-hybridized carbons (Fsp3) is 0.250. The van der Waals surface area contributed by atoms with Gasteiger partial charge in [0.2, 0.25) is 0 Å². The molecule has 0 amide bonds. The van der Waals surface area contributed by atoms with Crippen LogP contribution in [0.3, 0.4) is 0 Å². The summed E-state index contributed by atoms with van der Waals surface area (Å²) >= 11 is 0. The topological polar surface area (TPSA) is 96.1 Å². The van der Waals surface area contributed by atoms with E-state index in [0.29, 0.717) is 5.65 Å². The smallest absolute Gasteiger partial charge is 0.181 e. The first-order chi connectivity index (χ1) is 17.6. The number of hydrogen-bond acceptors (Lipinski definition) is 7. The van der Waals surface area contributed by atoms with Gasteiger partial charge in [-0.2, -0.15) is 5.10 Å². The second-order valence-electron chi connectivity index (χ2n) is 9.52. The second kappa shape index (κ2) is 9.13. The minimum atomic E-state index is 0.239. The monoisotopic (exact) mass is 477 g/mol. The van der Waals surface area contributed by atoms with Crippen LogP contribution in [0.15, 0.2) is 71.1 Å². The molecule has 5 aromatic heterocycles. The molecule has 0 aromatic carbocycles. The predicted octanol–water partition coefficient (Wildman–Crippen LogP) is 5.44. The molecule has 1 N–H and O–H groups in total. The summed E-state index contributed by atoms with van der Waals surface area (Å²) in [5.74, 6) is 0.239. The number of H-pyrrole nitrogens is 1. The molecule has 0 bridgehead atoms. The van der Waals surface area contributed by atoms with Crippen LogP contribution in [0, 0.1) is 5.92 Å². The minimum absolute atomic E-state index is 0.239. The molecule has 1 aliphatic heterocycles. The van der Waals surface area contributed by atoms with E-state index in [-0.39, 0.29) is 5.92 Å². The molecule has 6 rings (SSSR count). The van der Waals surface area contributed by atoms with E-state index in [2.05, 4.69) is 63.2 Å². The molecule has 36 heavy (non-hydrogen) atoms. The summed E-state index contributed by atoms with van der Waals surface area (Å²) < 4.78 is 5.32. The van der Waals surface area contributed by atoms with Gasteiger partial charge >= 0.3 is 0 Å². The Bertz CT molecular complexity index is 1570. The highest BCUT2D eigenvalue weighted by Crippen LogP contribution is 2.38. The van der Waals surface area contributed by atoms with Gasteiger partial charge in [0.1, 0.15) is 0 Å². The first-order valence-corrected chi connectivity index (χ1v) is 12.1. The zero-order chi connectivity index (χ0) is 24.6. The highest BCUT2D eigenvalue weighted by molar-refractivity contribution is 6.12. The third-order valence-corrected chi connectivity index (χ3v) is 6.73. The number of fused-ring (bicyclic) bond motifs is 2. The molecule has 0 spiro atoms. The van der Waals surface area contributed by atoms with Crippen LogP contribution in [0.1, 0.15) is 30.2 Å². The van der Waals surface area contributed by atoms with Gasteiger partial charge in [-0.05, 0) is 56.3 Å². The Labute approximate surface area is 209 Å². The van der Waals surface area contributed by atoms with Crippen molar-refractivity contribution in [1.82, 2.24) is 30.0 Å². The Morgan fingerprint density at radius 1 is 1.03 bits per heavy atom. The van der Waals surface area contributed by atoms with Crippen molar-refractivity contribution >= 4 is 22.4 Å². The third kappa shape index (κ3) is 3.99. The molecule has 1 unspecified atom stereocenters. The van der Waals surface area contributed by atoms with Gasteiger partial charge < -0.3 is 9.32 Å². The summed E-state index contributed by atoms with van der Waals surface area (Å²) in [7, 11) is 4.11. The maximum Gasteiger partial charge on any atom is 0.181 e. The lowest BCUT2D eigenvalue weighted by molar-refractivity contribution is 0.402. The quantitative estimate of drug-likeness (QED) is 0.350. The van der Waals surface area contributed by atoms with Crippen molar-refractivity contribution in [2.75, 3.05) is 14.1 Å². The number of nitrogens with zero attached hydrogens (tertiary/aromatic N) is 6. The molecule has 0 fully saturated rings. The number of pyridine rings is 3. The van der Waals surface area contributed by atoms with Crippen molar-refractivity contribution in [3.63, 3.8) is 0 Å². The molecular weight excluding hydrogens is 450 g/mol. The van der Waals surface area contributed by atoms with E-state index < -0.39 is 0 Å². The van der Waals surface area contributed by atoms with Gasteiger partial charge in [-0.25, -0.2) is 9.98 Å². The lowest BCUT2D eigenvalue weighted by atomic mass is 9.84. The number of aromatic nitrogens is 5. The normalized spacial score (nSPS) is 15.3. The van der Waals surface area contributed by atoms with Crippen LogP contribution >= 0.6 is 0 Å². The number of hydrogen-bond donors (Lipinski definition) is 1. The molecule has 0 aliphatic carbocycles. The van der Waals surface area contributed by atoms with Gasteiger partial charge in [-0.1, -0.05) is 6.92 Å². The van der Waals surface area contributed by atoms with E-state index >= 15 is 0 Å². The van der Waals surface area contributed by atoms with Gasteiger partial charge in [0.05, 0.1) is 35.8 Å². The van der Waals surface area contributed by atoms with Crippen molar-refractivity contribution in [1.29, 1.82) is 0 Å². The Kier molecular flexibility index (Phi) is 5.65. The van der Waals surface area contributed by atoms with Crippen molar-refractivity contribution in [3.05, 3.63) is 78.5 Å². The van der Waals surface area contributed by atoms with Crippen LogP contribution in [0.4, 0.5) is 5.69 Å². The first kappa shape index (κ1) is 22.3. The Morgan fingerprint density at radius 3 is 2.69 bits per heavy atom. The van der Waals surface area contributed by atoms with Crippen LogP contribution in [-0.4, -0.2) is 49.9 Å². The second-order valence-corrected chi connectivity index (χ2v) is 9.52. The molecular formula is C28H27N7O. The zero-order valence-corrected chi connectivity index (χ0v) is 20.6. The van der Waals surface area contributed by atoms with Crippen molar-refractivity contribution in [2.45, 2.75) is 26.3 Å². The molecule has 1 aliphatic rings. The van der Waals surface area contributed by atoms with Crippen LogP contribution in [0.5, 0.6) is 0 Å². The average molecular weight is 478 g/mol. The van der Waals surface area contributed by atoms with E-state index in [0.717, 1.165) is 69.7 Å². The van der Waals surface area contributed by atoms with Gasteiger partial charge in [-0.3, -0.25) is 15.1 Å². The maximum absolute atomic E-state index is 5.32. The van der Waals surface area contributed by atoms with Crippen LogP contribution in [0.25, 0.3) is 33.3 Å². The number of furan rings is 1. The van der Waals surface area contributed by atoms with E-state index in [1.165, 1.54) is 5.56 Å². The molecule has 6 heterocycles. The lowest BCUT2D eigenvalue weighted by Crippen LogP contribution is -2.22. The van der Waals surface area contributed by atoms with Crippen LogP contribution in [0.2, 0.25) is 0 Å². The first-order valence-electron chi connectivity index (χ1n) is 12.1. The molecule has 8 nitrogen and oxygen atoms in total. The molecule has 180 valence electrons. The SMILES string of the molecule is CCC1Cc2c(cncc2-c2ccoc2)N=C1c1[nH]nc2ncc(-c3cncc(CN(C)C)c3)cc12. The highest BCUT2D eigenvalue weighted by Gasteiger charge is 2.28. The van der Waals surface area contributed by atoms with E-state index in [4.69, 9.17) is 9.41 Å². The van der Waals surface area contributed by atoms with Gasteiger partial charge in [0, 0.05) is 64.9 Å². The summed E-state index contributed by atoms with van der Waals surface area (Å²) in [6.07, 6.45) is 14.7. The number of rotatable bonds is 6. The standard InChI is InChI=1S/C28H27N7O/c1-4-18-8-22-24(19-5-6-36-16-19)13-30-14-25(22)32-26(18)27-23-9-21(12-31-28(23)34-33-27)20-7-17(10-29-11-20)15-35(2)3/h5-7,9-14,16,18H,4,8,15H2,1-3H3,(H,31,33,34). The molecule has 8 heteroatoms. The van der Waals surface area contributed by atoms with Gasteiger partial charge in [0.15, 0.2) is 5.65 Å². The summed E-state index contributed by atoms with van der Waals surface area (Å²) in [5.41, 5.74) is 9.99. The molecule has 0 saturated carbocycles. The number of nitrogens with one attached hydrogen (secondary N) is 1. The third-order valence-electron chi connectivity index (χ3n) is 6.73. The van der Waals surface area contributed by atoms with E-state index in [1.54, 1.807) is 12.5 Å². The fourth-order valence-corrected chi connectivity index (χ4v) is 4.97. The molecule has 0 radical (unpaired) electrons. The van der Waals surface area contributed by atoms with Crippen molar-refractivity contribution in [3.8, 4) is 22.3 Å². The molecule has 5 aromatic rings. The summed E-state index contributed by atoms with van der Waals surface area (Å²) in [6, 6.07) is 6.28. The molecule has 1 atom stereocenters. The van der Waals surface area contributed by atoms with Crippen molar-refractivity contribution < 1.29 is 4.42 Å². The van der Waals surface area contributed by atoms with Crippen LogP contribution in [-0.2, 0) is 13.0 Å². The summed E-state index contributed by atoms with van der Waals surface area (Å²) in [5, 5.41) is 8.70. The number of aromatic amines is 1. The number of aliphatic imine (C=N–C) groups is 1. The van der Waals surface area contributed by atoms with E-state index in [9.17, 15) is 0 Å². The maximum atomic E-state index is 5.32. The minimum Gasteiger partial charge on any atom is -0.472 e. The summed E-state index contributed by atoms with van der Waals surface area (Å²) in [6.45, 7) is 3.03. The van der Waals surface area contributed by atoms with Crippen LogP contribution < -0.4 is 0 Å². The lowest BCUT2D eigenvalue weighted by Gasteiger charge is -2.25. The Hall–Kier alpha value is -4.17. The van der Waals surface area contributed by atoms with E-state index in [1.807, 2.05) is 37.1 Å². The van der Waals surface area contributed by atoms with Crippen molar-refractivity contribution in [2.24, 2.45) is 10.9 Å². The summed E-state index contributed by atoms with van der Waals surface area (Å²) in [4.78, 5) is 20.8. The highest BCUT2D eigenvalue weighted by atomic mass is 16.3. The van der Waals surface area contributed by atoms with Gasteiger partial charge in [-0.15, -0.1) is 0 Å².